The first-order valence-corrected chi connectivity index (χ1v) is 4.70. The molecule has 0 bridgehead atoms. The fraction of sp³-hybridized carbons (Fsp3) is 0.600. The highest BCUT2D eigenvalue weighted by Gasteiger charge is 2.06. The Morgan fingerprint density at radius 3 is 2.38 bits per heavy atom. The van der Waals surface area contributed by atoms with Gasteiger partial charge < -0.3 is 0 Å². The Labute approximate surface area is 79.8 Å². The number of nitrogens with zero attached hydrogens (tertiary/aromatic N) is 2. The molecule has 1 heterocycles. The molecule has 0 aromatic carbocycles. The Bertz CT molecular complexity index is 276. The maximum Gasteiger partial charge on any atom is 0.177 e. The zero-order valence-electron chi connectivity index (χ0n) is 9.09. The van der Waals surface area contributed by atoms with Gasteiger partial charge >= 0.3 is 0 Å². The first-order valence-electron chi connectivity index (χ1n) is 4.70. The lowest BCUT2D eigenvalue weighted by Gasteiger charge is -1.98. The van der Waals surface area contributed by atoms with Crippen molar-refractivity contribution in [2.75, 3.05) is 0 Å². The molecule has 0 radical (unpaired) electrons. The van der Waals surface area contributed by atoms with Crippen molar-refractivity contribution >= 4 is 5.78 Å². The van der Waals surface area contributed by atoms with Gasteiger partial charge in [-0.2, -0.15) is 5.10 Å². The summed E-state index contributed by atoms with van der Waals surface area (Å²) in [5, 5.41) is 4.15. The predicted molar refractivity (Wildman–Crippen MR) is 54.0 cm³/mol. The van der Waals surface area contributed by atoms with Crippen molar-refractivity contribution in [2.45, 2.75) is 41.2 Å². The maximum absolute atomic E-state index is 11.0. The van der Waals surface area contributed by atoms with Gasteiger partial charge in [0, 0.05) is 13.5 Å². The minimum atomic E-state index is 0.0763. The van der Waals surface area contributed by atoms with Crippen molar-refractivity contribution in [2.24, 2.45) is 0 Å². The van der Waals surface area contributed by atoms with Crippen LogP contribution in [-0.2, 0) is 6.54 Å². The second-order valence-corrected chi connectivity index (χ2v) is 2.54. The van der Waals surface area contributed by atoms with Crippen LogP contribution in [0.25, 0.3) is 0 Å². The molecule has 74 valence electrons. The van der Waals surface area contributed by atoms with E-state index in [4.69, 9.17) is 0 Å². The lowest BCUT2D eigenvalue weighted by atomic mass is 10.3. The van der Waals surface area contributed by atoms with Crippen molar-refractivity contribution < 1.29 is 4.79 Å². The van der Waals surface area contributed by atoms with Crippen LogP contribution in [0.2, 0.25) is 0 Å². The fourth-order valence-corrected chi connectivity index (χ4v) is 1.07. The van der Waals surface area contributed by atoms with Gasteiger partial charge in [0.05, 0.1) is 5.69 Å². The van der Waals surface area contributed by atoms with Gasteiger partial charge in [-0.15, -0.1) is 0 Å². The molecule has 0 amide bonds. The Kier molecular flexibility index (Phi) is 5.04. The van der Waals surface area contributed by atoms with Gasteiger partial charge in [0.1, 0.15) is 5.69 Å². The summed E-state index contributed by atoms with van der Waals surface area (Å²) in [6.07, 6.45) is 0. The molecule has 0 N–H and O–H groups in total. The van der Waals surface area contributed by atoms with Crippen LogP contribution in [0.1, 0.15) is 43.9 Å². The van der Waals surface area contributed by atoms with E-state index in [2.05, 4.69) is 5.10 Å². The monoisotopic (exact) mass is 182 g/mol. The van der Waals surface area contributed by atoms with E-state index in [1.165, 1.54) is 0 Å². The third-order valence-electron chi connectivity index (χ3n) is 1.56. The quantitative estimate of drug-likeness (QED) is 0.658. The van der Waals surface area contributed by atoms with E-state index >= 15 is 0 Å². The number of ketones is 1. The van der Waals surface area contributed by atoms with E-state index in [0.29, 0.717) is 5.69 Å². The first kappa shape index (κ1) is 11.9. The Morgan fingerprint density at radius 1 is 1.54 bits per heavy atom. The summed E-state index contributed by atoms with van der Waals surface area (Å²) >= 11 is 0. The smallest absolute Gasteiger partial charge is 0.177 e. The second kappa shape index (κ2) is 5.51. The topological polar surface area (TPSA) is 34.9 Å². The molecule has 3 nitrogen and oxygen atoms in total. The highest BCUT2D eigenvalue weighted by atomic mass is 16.1. The number of hydrogen-bond acceptors (Lipinski definition) is 2. The normalized spacial score (nSPS) is 9.00. The molecule has 0 aliphatic heterocycles. The van der Waals surface area contributed by atoms with Crippen LogP contribution in [0.15, 0.2) is 6.07 Å². The summed E-state index contributed by atoms with van der Waals surface area (Å²) in [6, 6.07) is 1.81. The van der Waals surface area contributed by atoms with Gasteiger partial charge in [-0.05, 0) is 19.9 Å². The van der Waals surface area contributed by atoms with Crippen molar-refractivity contribution in [1.29, 1.82) is 0 Å². The molecule has 0 atom stereocenters. The lowest BCUT2D eigenvalue weighted by molar-refractivity contribution is 0.100. The SMILES string of the molecule is CC.CCn1nc(C)cc1C(C)=O. The van der Waals surface area contributed by atoms with Crippen LogP contribution >= 0.6 is 0 Å². The molecule has 0 saturated heterocycles. The minimum Gasteiger partial charge on any atom is -0.293 e. The Morgan fingerprint density at radius 2 is 2.08 bits per heavy atom. The van der Waals surface area contributed by atoms with Gasteiger partial charge in [-0.1, -0.05) is 13.8 Å². The third kappa shape index (κ3) is 3.01. The number of carbonyl (C=O) groups is 1. The van der Waals surface area contributed by atoms with Crippen molar-refractivity contribution in [1.82, 2.24) is 9.78 Å². The average molecular weight is 182 g/mol. The number of carbonyl (C=O) groups excluding carboxylic acids is 1. The van der Waals surface area contributed by atoms with Crippen LogP contribution in [0.5, 0.6) is 0 Å². The summed E-state index contributed by atoms with van der Waals surface area (Å²) in [6.45, 7) is 10.2. The van der Waals surface area contributed by atoms with E-state index in [0.717, 1.165) is 12.2 Å². The molecule has 1 aromatic heterocycles. The molecule has 1 aromatic rings. The molecule has 0 aliphatic rings. The number of hydrogen-bond donors (Lipinski definition) is 0. The molecule has 0 spiro atoms. The van der Waals surface area contributed by atoms with Crippen LogP contribution in [0.3, 0.4) is 0 Å². The predicted octanol–water partition coefficient (Wildman–Crippen LogP) is 2.44. The number of Topliss-reactive ketones (excluding diaryl/α,β-unsaturated/α-hetero) is 1. The first-order chi connectivity index (χ1) is 6.15. The molecule has 0 saturated carbocycles. The van der Waals surface area contributed by atoms with Crippen molar-refractivity contribution in [3.63, 3.8) is 0 Å². The summed E-state index contributed by atoms with van der Waals surface area (Å²) < 4.78 is 1.72. The molecule has 1 rings (SSSR count). The van der Waals surface area contributed by atoms with Crippen molar-refractivity contribution in [3.05, 3.63) is 17.5 Å². The standard InChI is InChI=1S/C8H12N2O.C2H6/c1-4-10-8(7(3)11)5-6(2)9-10;1-2/h5H,4H2,1-3H3;1-2H3. The molecule has 0 aliphatic carbocycles. The van der Waals surface area contributed by atoms with Gasteiger partial charge in [0.15, 0.2) is 5.78 Å². The van der Waals surface area contributed by atoms with E-state index in [9.17, 15) is 4.79 Å². The highest BCUT2D eigenvalue weighted by molar-refractivity contribution is 5.92. The molecule has 0 fully saturated rings. The summed E-state index contributed by atoms with van der Waals surface area (Å²) in [5.41, 5.74) is 1.60. The maximum atomic E-state index is 11.0. The molecule has 13 heavy (non-hydrogen) atoms. The molecular weight excluding hydrogens is 164 g/mol. The molecule has 0 unspecified atom stereocenters. The van der Waals surface area contributed by atoms with Gasteiger partial charge in [-0.3, -0.25) is 9.48 Å². The Balaban J connectivity index is 0.000000671. The van der Waals surface area contributed by atoms with Crippen LogP contribution in [0.4, 0.5) is 0 Å². The number of rotatable bonds is 2. The summed E-state index contributed by atoms with van der Waals surface area (Å²) in [7, 11) is 0. The number of aromatic nitrogens is 2. The van der Waals surface area contributed by atoms with Crippen molar-refractivity contribution in [3.8, 4) is 0 Å². The third-order valence-corrected chi connectivity index (χ3v) is 1.56. The number of aryl methyl sites for hydroxylation is 2. The van der Waals surface area contributed by atoms with Gasteiger partial charge in [0.2, 0.25) is 0 Å². The highest BCUT2D eigenvalue weighted by Crippen LogP contribution is 2.03. The largest absolute Gasteiger partial charge is 0.293 e. The van der Waals surface area contributed by atoms with Crippen LogP contribution in [-0.4, -0.2) is 15.6 Å². The minimum absolute atomic E-state index is 0.0763. The Hall–Kier alpha value is -1.12. The molecule has 3 heteroatoms. The summed E-state index contributed by atoms with van der Waals surface area (Å²) in [5.74, 6) is 0.0763. The van der Waals surface area contributed by atoms with Gasteiger partial charge in [-0.25, -0.2) is 0 Å². The fourth-order valence-electron chi connectivity index (χ4n) is 1.07. The zero-order chi connectivity index (χ0) is 10.4. The lowest BCUT2D eigenvalue weighted by Crippen LogP contribution is -2.05. The van der Waals surface area contributed by atoms with E-state index in [-0.39, 0.29) is 5.78 Å². The van der Waals surface area contributed by atoms with Crippen LogP contribution < -0.4 is 0 Å². The zero-order valence-corrected chi connectivity index (χ0v) is 9.09. The molecular formula is C10H18N2O. The van der Waals surface area contributed by atoms with Gasteiger partial charge in [0.25, 0.3) is 0 Å². The second-order valence-electron chi connectivity index (χ2n) is 2.54. The average Bonchev–Trinajstić information content (AvgIpc) is 2.50. The van der Waals surface area contributed by atoms with Crippen LogP contribution in [0, 0.1) is 6.92 Å². The summed E-state index contributed by atoms with van der Waals surface area (Å²) in [4.78, 5) is 11.0. The van der Waals surface area contributed by atoms with E-state index in [1.54, 1.807) is 11.6 Å². The van der Waals surface area contributed by atoms with E-state index < -0.39 is 0 Å². The van der Waals surface area contributed by atoms with E-state index in [1.807, 2.05) is 33.8 Å².